The first-order valence-corrected chi connectivity index (χ1v) is 12.7. The molecule has 0 bridgehead atoms. The van der Waals surface area contributed by atoms with Gasteiger partial charge in [-0.2, -0.15) is 0 Å². The van der Waals surface area contributed by atoms with E-state index in [0.29, 0.717) is 53.5 Å². The number of para-hydroxylation sites is 1. The van der Waals surface area contributed by atoms with Crippen LogP contribution in [0.2, 0.25) is 0 Å². The van der Waals surface area contributed by atoms with Crippen molar-refractivity contribution in [2.75, 3.05) is 27.9 Å². The van der Waals surface area contributed by atoms with Gasteiger partial charge in [0, 0.05) is 5.56 Å². The third kappa shape index (κ3) is 4.58. The summed E-state index contributed by atoms with van der Waals surface area (Å²) in [7, 11) is 4.68. The predicted octanol–water partition coefficient (Wildman–Crippen LogP) is 3.59. The van der Waals surface area contributed by atoms with Crippen LogP contribution in [0.5, 0.6) is 17.2 Å². The molecule has 2 aromatic carbocycles. The van der Waals surface area contributed by atoms with Crippen LogP contribution in [0.25, 0.3) is 6.08 Å². The fourth-order valence-electron chi connectivity index (χ4n) is 4.13. The highest BCUT2D eigenvalue weighted by Crippen LogP contribution is 2.35. The highest BCUT2D eigenvalue weighted by atomic mass is 79.9. The molecule has 10 heteroatoms. The maximum Gasteiger partial charge on any atom is 0.338 e. The van der Waals surface area contributed by atoms with E-state index in [4.69, 9.17) is 18.9 Å². The average Bonchev–Trinajstić information content (AvgIpc) is 3.17. The fourth-order valence-corrected chi connectivity index (χ4v) is 5.72. The number of nitrogens with zero attached hydrogens (tertiary/aromatic N) is 2. The van der Waals surface area contributed by atoms with Gasteiger partial charge in [0.05, 0.1) is 54.3 Å². The lowest BCUT2D eigenvalue weighted by Gasteiger charge is -2.25. The number of carbonyl (C=O) groups is 1. The summed E-state index contributed by atoms with van der Waals surface area (Å²) in [4.78, 5) is 31.9. The van der Waals surface area contributed by atoms with Crippen LogP contribution in [0.3, 0.4) is 0 Å². The minimum atomic E-state index is -0.725. The summed E-state index contributed by atoms with van der Waals surface area (Å²) in [5.41, 5.74) is 1.93. The average molecular weight is 573 g/mol. The van der Waals surface area contributed by atoms with Crippen molar-refractivity contribution in [3.8, 4) is 17.2 Å². The summed E-state index contributed by atoms with van der Waals surface area (Å²) in [5.74, 6) is 1.19. The zero-order valence-corrected chi connectivity index (χ0v) is 22.9. The van der Waals surface area contributed by atoms with E-state index in [1.165, 1.54) is 15.9 Å². The molecule has 0 spiro atoms. The number of ether oxygens (including phenoxy) is 4. The van der Waals surface area contributed by atoms with Crippen molar-refractivity contribution < 1.29 is 23.7 Å². The molecule has 2 heterocycles. The van der Waals surface area contributed by atoms with Gasteiger partial charge in [0.1, 0.15) is 5.75 Å². The standard InChI is InChI=1S/C26H25BrN2O6S/c1-6-35-25(31)21-14(2)28-26-29(22(21)15-10-11-18(32-3)17(27)12-15)24(30)20(36-26)13-16-8-7-9-19(33-4)23(16)34-5/h7-13,22H,6H2,1-5H3/b20-13+/t22-/m1/s1. The van der Waals surface area contributed by atoms with Gasteiger partial charge in [-0.15, -0.1) is 0 Å². The van der Waals surface area contributed by atoms with E-state index in [1.54, 1.807) is 53.4 Å². The molecular formula is C26H25BrN2O6S. The van der Waals surface area contributed by atoms with Gasteiger partial charge in [-0.3, -0.25) is 9.36 Å². The van der Waals surface area contributed by atoms with Crippen LogP contribution in [0.15, 0.2) is 61.9 Å². The second-order valence-corrected chi connectivity index (χ2v) is 9.64. The molecule has 188 valence electrons. The number of carbonyl (C=O) groups excluding carboxylic acids is 1. The molecule has 4 rings (SSSR count). The van der Waals surface area contributed by atoms with E-state index < -0.39 is 12.0 Å². The lowest BCUT2D eigenvalue weighted by molar-refractivity contribution is -0.139. The van der Waals surface area contributed by atoms with Crippen LogP contribution in [-0.2, 0) is 9.53 Å². The monoisotopic (exact) mass is 572 g/mol. The third-order valence-corrected chi connectivity index (χ3v) is 7.33. The van der Waals surface area contributed by atoms with Crippen LogP contribution in [0.1, 0.15) is 31.0 Å². The van der Waals surface area contributed by atoms with Gasteiger partial charge >= 0.3 is 5.97 Å². The van der Waals surface area contributed by atoms with Gasteiger partial charge in [0.2, 0.25) is 0 Å². The number of fused-ring (bicyclic) bond motifs is 1. The highest BCUT2D eigenvalue weighted by Gasteiger charge is 2.33. The van der Waals surface area contributed by atoms with Crippen molar-refractivity contribution in [1.29, 1.82) is 0 Å². The minimum absolute atomic E-state index is 0.203. The summed E-state index contributed by atoms with van der Waals surface area (Å²) >= 11 is 4.76. The van der Waals surface area contributed by atoms with Gasteiger partial charge < -0.3 is 18.9 Å². The summed E-state index contributed by atoms with van der Waals surface area (Å²) in [6.07, 6.45) is 1.75. The van der Waals surface area contributed by atoms with Crippen molar-refractivity contribution in [1.82, 2.24) is 4.57 Å². The number of esters is 1. The van der Waals surface area contributed by atoms with Gasteiger partial charge in [-0.25, -0.2) is 9.79 Å². The molecule has 0 radical (unpaired) electrons. The number of thiazole rings is 1. The van der Waals surface area contributed by atoms with Crippen LogP contribution < -0.4 is 29.1 Å². The molecule has 0 unspecified atom stereocenters. The van der Waals surface area contributed by atoms with Crippen molar-refractivity contribution in [3.05, 3.63) is 83.0 Å². The van der Waals surface area contributed by atoms with Gasteiger partial charge in [0.15, 0.2) is 16.3 Å². The first-order valence-electron chi connectivity index (χ1n) is 11.1. The number of halogens is 1. The Morgan fingerprint density at radius 2 is 1.89 bits per heavy atom. The Bertz CT molecular complexity index is 1540. The molecule has 1 aliphatic heterocycles. The van der Waals surface area contributed by atoms with E-state index >= 15 is 0 Å². The maximum absolute atomic E-state index is 13.8. The Kier molecular flexibility index (Phi) is 7.65. The topological polar surface area (TPSA) is 88.4 Å². The summed E-state index contributed by atoms with van der Waals surface area (Å²) in [6.45, 7) is 3.69. The number of aromatic nitrogens is 1. The van der Waals surface area contributed by atoms with Crippen LogP contribution in [-0.4, -0.2) is 38.5 Å². The lowest BCUT2D eigenvalue weighted by Crippen LogP contribution is -2.40. The molecular weight excluding hydrogens is 548 g/mol. The second-order valence-electron chi connectivity index (χ2n) is 7.78. The Balaban J connectivity index is 1.98. The lowest BCUT2D eigenvalue weighted by atomic mass is 9.96. The summed E-state index contributed by atoms with van der Waals surface area (Å²) in [6, 6.07) is 10.2. The number of hydrogen-bond acceptors (Lipinski definition) is 8. The molecule has 1 atom stereocenters. The van der Waals surface area contributed by atoms with E-state index in [1.807, 2.05) is 24.3 Å². The van der Waals surface area contributed by atoms with Crippen LogP contribution >= 0.6 is 27.3 Å². The largest absolute Gasteiger partial charge is 0.496 e. The molecule has 0 fully saturated rings. The van der Waals surface area contributed by atoms with E-state index in [2.05, 4.69) is 20.9 Å². The maximum atomic E-state index is 13.8. The zero-order chi connectivity index (χ0) is 26.0. The first kappa shape index (κ1) is 25.7. The van der Waals surface area contributed by atoms with E-state index in [9.17, 15) is 9.59 Å². The Hall–Kier alpha value is -3.37. The number of benzene rings is 2. The molecule has 0 amide bonds. The molecule has 36 heavy (non-hydrogen) atoms. The molecule has 1 aromatic heterocycles. The Morgan fingerprint density at radius 3 is 2.53 bits per heavy atom. The van der Waals surface area contributed by atoms with E-state index in [0.717, 1.165) is 0 Å². The number of hydrogen-bond donors (Lipinski definition) is 0. The number of rotatable bonds is 7. The highest BCUT2D eigenvalue weighted by molar-refractivity contribution is 9.10. The zero-order valence-electron chi connectivity index (χ0n) is 20.5. The molecule has 0 saturated heterocycles. The van der Waals surface area contributed by atoms with Crippen LogP contribution in [0, 0.1) is 0 Å². The Labute approximate surface area is 220 Å². The van der Waals surface area contributed by atoms with Gasteiger partial charge in [0.25, 0.3) is 5.56 Å². The molecule has 0 aliphatic carbocycles. The van der Waals surface area contributed by atoms with Gasteiger partial charge in [-0.1, -0.05) is 29.5 Å². The smallest absolute Gasteiger partial charge is 0.338 e. The van der Waals surface area contributed by atoms with Crippen molar-refractivity contribution in [2.45, 2.75) is 19.9 Å². The van der Waals surface area contributed by atoms with Crippen molar-refractivity contribution >= 4 is 39.3 Å². The quantitative estimate of drug-likeness (QED) is 0.402. The minimum Gasteiger partial charge on any atom is -0.496 e. The van der Waals surface area contributed by atoms with Crippen molar-refractivity contribution in [3.63, 3.8) is 0 Å². The van der Waals surface area contributed by atoms with E-state index in [-0.39, 0.29) is 12.2 Å². The molecule has 0 N–H and O–H groups in total. The van der Waals surface area contributed by atoms with Gasteiger partial charge in [-0.05, 0) is 59.6 Å². The third-order valence-electron chi connectivity index (χ3n) is 5.73. The fraction of sp³-hybridized carbons (Fsp3) is 0.269. The predicted molar refractivity (Wildman–Crippen MR) is 141 cm³/mol. The SMILES string of the molecule is CCOC(=O)C1=C(C)N=c2s/c(=C/c3cccc(OC)c3OC)c(=O)n2[C@@H]1c1ccc(OC)c(Br)c1. The number of methoxy groups -OCH3 is 3. The molecule has 1 aliphatic rings. The van der Waals surface area contributed by atoms with Crippen LogP contribution in [0.4, 0.5) is 0 Å². The number of allylic oxidation sites excluding steroid dienone is 1. The molecule has 8 nitrogen and oxygen atoms in total. The molecule has 3 aromatic rings. The Morgan fingerprint density at radius 1 is 1.14 bits per heavy atom. The second kappa shape index (κ2) is 10.7. The normalized spacial score (nSPS) is 15.3. The molecule has 0 saturated carbocycles. The summed E-state index contributed by atoms with van der Waals surface area (Å²) < 4.78 is 24.3. The first-order chi connectivity index (χ1) is 17.3. The summed E-state index contributed by atoms with van der Waals surface area (Å²) in [5, 5.41) is 0. The van der Waals surface area contributed by atoms with Crippen molar-refractivity contribution in [2.24, 2.45) is 4.99 Å².